The fourth-order valence-corrected chi connectivity index (χ4v) is 5.22. The fraction of sp³-hybridized carbons (Fsp3) is 0.370. The second-order valence-electron chi connectivity index (χ2n) is 9.58. The van der Waals surface area contributed by atoms with E-state index >= 15 is 0 Å². The van der Waals surface area contributed by atoms with Crippen LogP contribution in [0.25, 0.3) is 0 Å². The topological polar surface area (TPSA) is 64.0 Å². The van der Waals surface area contributed by atoms with Crippen LogP contribution in [0.15, 0.2) is 76.7 Å². The maximum Gasteiger partial charge on any atom is 0.254 e. The van der Waals surface area contributed by atoms with Crippen LogP contribution in [-0.2, 0) is 16.8 Å². The predicted molar refractivity (Wildman–Crippen MR) is 134 cm³/mol. The van der Waals surface area contributed by atoms with Gasteiger partial charge in [-0.2, -0.15) is 0 Å². The lowest BCUT2D eigenvalue weighted by atomic mass is 9.88. The number of carbonyl (C=O) groups is 1. The van der Waals surface area contributed by atoms with Crippen LogP contribution in [0.4, 0.5) is 0 Å². The third-order valence-electron chi connectivity index (χ3n) is 6.07. The van der Waals surface area contributed by atoms with Crippen LogP contribution in [0.1, 0.15) is 49.9 Å². The van der Waals surface area contributed by atoms with Crippen molar-refractivity contribution in [2.75, 3.05) is 12.3 Å². The number of hydrogen-bond donors (Lipinski definition) is 1. The van der Waals surface area contributed by atoms with Crippen molar-refractivity contribution >= 4 is 17.7 Å². The molecule has 33 heavy (non-hydrogen) atoms. The lowest BCUT2D eigenvalue weighted by molar-refractivity contribution is -0.124. The Bertz CT molecular complexity index is 1110. The zero-order valence-corrected chi connectivity index (χ0v) is 20.3. The van der Waals surface area contributed by atoms with Gasteiger partial charge in [-0.15, -0.1) is 0 Å². The average Bonchev–Trinajstić information content (AvgIpc) is 2.82. The highest BCUT2D eigenvalue weighted by Crippen LogP contribution is 2.29. The van der Waals surface area contributed by atoms with E-state index in [1.54, 1.807) is 10.6 Å². The van der Waals surface area contributed by atoms with Crippen molar-refractivity contribution in [2.24, 2.45) is 5.92 Å². The summed E-state index contributed by atoms with van der Waals surface area (Å²) in [6.45, 7) is 7.11. The molecule has 0 saturated carbocycles. The van der Waals surface area contributed by atoms with E-state index in [1.165, 1.54) is 22.9 Å². The number of rotatable bonds is 6. The van der Waals surface area contributed by atoms with Gasteiger partial charge in [-0.3, -0.25) is 14.2 Å². The number of amides is 1. The third kappa shape index (κ3) is 5.56. The molecule has 0 saturated heterocycles. The van der Waals surface area contributed by atoms with Crippen molar-refractivity contribution in [1.29, 1.82) is 0 Å². The van der Waals surface area contributed by atoms with E-state index in [1.807, 2.05) is 32.9 Å². The monoisotopic (exact) mass is 461 g/mol. The predicted octanol–water partition coefficient (Wildman–Crippen LogP) is 4.60. The molecule has 0 aliphatic carbocycles. The second-order valence-corrected chi connectivity index (χ2v) is 10.6. The zero-order valence-electron chi connectivity index (χ0n) is 19.5. The Balaban J connectivity index is 1.41. The van der Waals surface area contributed by atoms with Crippen molar-refractivity contribution in [1.82, 2.24) is 14.9 Å². The maximum absolute atomic E-state index is 12.9. The minimum atomic E-state index is -0.241. The van der Waals surface area contributed by atoms with E-state index in [4.69, 9.17) is 0 Å². The van der Waals surface area contributed by atoms with Crippen LogP contribution in [0.3, 0.4) is 0 Å². The van der Waals surface area contributed by atoms with Gasteiger partial charge >= 0.3 is 0 Å². The first-order valence-corrected chi connectivity index (χ1v) is 12.4. The molecule has 3 aromatic rings. The molecule has 2 heterocycles. The summed E-state index contributed by atoms with van der Waals surface area (Å²) in [5.41, 5.74) is 3.02. The minimum Gasteiger partial charge on any atom is -0.356 e. The number of nitrogens with zero attached hydrogens (tertiary/aromatic N) is 2. The molecule has 6 heteroatoms. The number of fused-ring (bicyclic) bond motifs is 1. The second kappa shape index (κ2) is 9.96. The Morgan fingerprint density at radius 2 is 1.70 bits per heavy atom. The van der Waals surface area contributed by atoms with Crippen LogP contribution < -0.4 is 10.9 Å². The van der Waals surface area contributed by atoms with Gasteiger partial charge in [-0.05, 0) is 17.5 Å². The summed E-state index contributed by atoms with van der Waals surface area (Å²) in [5.74, 6) is 0.609. The number of hydrogen-bond acceptors (Lipinski definition) is 4. The summed E-state index contributed by atoms with van der Waals surface area (Å²) in [5, 5.41) is 3.83. The largest absolute Gasteiger partial charge is 0.356 e. The first kappa shape index (κ1) is 23.3. The van der Waals surface area contributed by atoms with Crippen LogP contribution in [0.5, 0.6) is 0 Å². The Hall–Kier alpha value is -2.86. The highest BCUT2D eigenvalue weighted by atomic mass is 32.2. The number of nitrogens with one attached hydrogen (secondary N) is 1. The lowest BCUT2D eigenvalue weighted by Gasteiger charge is -2.27. The highest BCUT2D eigenvalue weighted by Gasteiger charge is 2.28. The van der Waals surface area contributed by atoms with Crippen LogP contribution in [0.2, 0.25) is 0 Å². The van der Waals surface area contributed by atoms with Gasteiger partial charge in [0.25, 0.3) is 5.56 Å². The van der Waals surface area contributed by atoms with Gasteiger partial charge < -0.3 is 5.32 Å². The molecule has 172 valence electrons. The fourth-order valence-electron chi connectivity index (χ4n) is 4.13. The van der Waals surface area contributed by atoms with Gasteiger partial charge in [-0.1, -0.05) is 93.2 Å². The molecule has 1 N–H and O–H groups in total. The van der Waals surface area contributed by atoms with E-state index in [2.05, 4.69) is 58.8 Å². The molecule has 1 amide bonds. The number of carbonyl (C=O) groups excluding carboxylic acids is 1. The van der Waals surface area contributed by atoms with E-state index in [0.717, 1.165) is 12.1 Å². The van der Waals surface area contributed by atoms with Crippen molar-refractivity contribution in [3.05, 3.63) is 93.9 Å². The molecule has 1 atom stereocenters. The molecule has 1 aliphatic heterocycles. The molecule has 1 aliphatic rings. The van der Waals surface area contributed by atoms with Crippen LogP contribution in [0, 0.1) is 5.92 Å². The average molecular weight is 462 g/mol. The maximum atomic E-state index is 12.9. The Labute approximate surface area is 199 Å². The van der Waals surface area contributed by atoms with Crippen LogP contribution in [-0.4, -0.2) is 27.8 Å². The summed E-state index contributed by atoms with van der Waals surface area (Å²) in [7, 11) is 0. The summed E-state index contributed by atoms with van der Waals surface area (Å²) in [4.78, 5) is 30.3. The number of aromatic nitrogens is 2. The van der Waals surface area contributed by atoms with Gasteiger partial charge in [0.2, 0.25) is 5.91 Å². The van der Waals surface area contributed by atoms with E-state index in [9.17, 15) is 9.59 Å². The minimum absolute atomic E-state index is 0.000165. The summed E-state index contributed by atoms with van der Waals surface area (Å²) in [6, 6.07) is 22.4. The molecule has 1 unspecified atom stereocenters. The Kier molecular flexibility index (Phi) is 7.03. The SMILES string of the molecule is CC(C)(C)c1cc(=O)n2c(n1)SCC(C(=O)NCCC(c1ccccc1)c1ccccc1)C2. The van der Waals surface area contributed by atoms with Crippen molar-refractivity contribution < 1.29 is 4.79 Å². The number of benzene rings is 2. The molecule has 5 nitrogen and oxygen atoms in total. The summed E-state index contributed by atoms with van der Waals surface area (Å²) in [6.07, 6.45) is 0.812. The molecule has 2 aromatic carbocycles. The van der Waals surface area contributed by atoms with Gasteiger partial charge in [-0.25, -0.2) is 4.98 Å². The quantitative estimate of drug-likeness (QED) is 0.545. The number of thioether (sulfide) groups is 1. The van der Waals surface area contributed by atoms with Crippen molar-refractivity contribution in [3.8, 4) is 0 Å². The standard InChI is InChI=1S/C27H31N3O2S/c1-27(2,3)23-16-24(31)30-17-21(18-33-26(30)29-23)25(32)28-15-14-22(19-10-6-4-7-11-19)20-12-8-5-9-13-20/h4-13,16,21-22H,14-15,17-18H2,1-3H3,(H,28,32). The van der Waals surface area contributed by atoms with Crippen molar-refractivity contribution in [3.63, 3.8) is 0 Å². The first-order valence-electron chi connectivity index (χ1n) is 11.5. The van der Waals surface area contributed by atoms with Gasteiger partial charge in [0, 0.05) is 36.2 Å². The Morgan fingerprint density at radius 1 is 1.09 bits per heavy atom. The van der Waals surface area contributed by atoms with E-state index in [-0.39, 0.29) is 28.7 Å². The van der Waals surface area contributed by atoms with Crippen molar-refractivity contribution in [2.45, 2.75) is 50.2 Å². The zero-order chi connectivity index (χ0) is 23.4. The summed E-state index contributed by atoms with van der Waals surface area (Å²) < 4.78 is 1.64. The van der Waals surface area contributed by atoms with Gasteiger partial charge in [0.1, 0.15) is 0 Å². The molecular weight excluding hydrogens is 430 g/mol. The highest BCUT2D eigenvalue weighted by molar-refractivity contribution is 7.99. The van der Waals surface area contributed by atoms with Gasteiger partial charge in [0.05, 0.1) is 11.6 Å². The molecule has 0 spiro atoms. The molecule has 0 bridgehead atoms. The molecular formula is C27H31N3O2S. The molecule has 4 rings (SSSR count). The Morgan fingerprint density at radius 3 is 2.27 bits per heavy atom. The molecule has 1 aromatic heterocycles. The normalized spacial score (nSPS) is 15.8. The smallest absolute Gasteiger partial charge is 0.254 e. The summed E-state index contributed by atoms with van der Waals surface area (Å²) >= 11 is 1.49. The lowest BCUT2D eigenvalue weighted by Crippen LogP contribution is -2.41. The molecule has 0 fully saturated rings. The van der Waals surface area contributed by atoms with Gasteiger partial charge in [0.15, 0.2) is 5.16 Å². The van der Waals surface area contributed by atoms with E-state index in [0.29, 0.717) is 24.0 Å². The molecule has 0 radical (unpaired) electrons. The first-order chi connectivity index (χ1) is 15.8. The van der Waals surface area contributed by atoms with Crippen LogP contribution >= 0.6 is 11.8 Å². The third-order valence-corrected chi connectivity index (χ3v) is 7.20. The van der Waals surface area contributed by atoms with E-state index < -0.39 is 0 Å².